The standard InChI is InChI=1S/C4H6N2S4/c1-8-2-9-4-6-5-3(7)10-4/h2H2,1H3,(H,5,7). The Labute approximate surface area is 76.8 Å². The lowest BCUT2D eigenvalue weighted by molar-refractivity contribution is 1.00. The molecule has 10 heavy (non-hydrogen) atoms. The quantitative estimate of drug-likeness (QED) is 0.472. The highest BCUT2D eigenvalue weighted by Gasteiger charge is 1.95. The van der Waals surface area contributed by atoms with Gasteiger partial charge in [-0.25, -0.2) is 0 Å². The first-order chi connectivity index (χ1) is 4.83. The van der Waals surface area contributed by atoms with E-state index >= 15 is 0 Å². The third-order valence-electron chi connectivity index (χ3n) is 0.719. The average Bonchev–Trinajstić information content (AvgIpc) is 2.31. The molecule has 0 saturated heterocycles. The summed E-state index contributed by atoms with van der Waals surface area (Å²) < 4.78 is 1.78. The maximum absolute atomic E-state index is 4.86. The first-order valence-corrected chi connectivity index (χ1v) is 6.10. The molecule has 0 aliphatic rings. The number of nitrogens with zero attached hydrogens (tertiary/aromatic N) is 1. The molecule has 0 aliphatic heterocycles. The molecule has 1 heterocycles. The molecule has 1 aromatic heterocycles. The van der Waals surface area contributed by atoms with Gasteiger partial charge in [0.15, 0.2) is 8.29 Å². The van der Waals surface area contributed by atoms with Crippen LogP contribution in [0.4, 0.5) is 0 Å². The van der Waals surface area contributed by atoms with E-state index in [1.54, 1.807) is 23.5 Å². The molecule has 6 heteroatoms. The lowest BCUT2D eigenvalue weighted by Gasteiger charge is -1.88. The summed E-state index contributed by atoms with van der Waals surface area (Å²) in [6, 6.07) is 0. The van der Waals surface area contributed by atoms with E-state index in [1.165, 1.54) is 11.3 Å². The minimum atomic E-state index is 0.753. The minimum absolute atomic E-state index is 0.753. The van der Waals surface area contributed by atoms with Crippen molar-refractivity contribution in [2.75, 3.05) is 11.3 Å². The predicted octanol–water partition coefficient (Wildman–Crippen LogP) is 2.61. The summed E-state index contributed by atoms with van der Waals surface area (Å²) in [6.45, 7) is 0. The number of H-pyrrole nitrogens is 1. The van der Waals surface area contributed by atoms with E-state index in [4.69, 9.17) is 12.2 Å². The van der Waals surface area contributed by atoms with E-state index in [0.717, 1.165) is 13.4 Å². The molecule has 0 saturated carbocycles. The number of hydrogen-bond donors (Lipinski definition) is 1. The van der Waals surface area contributed by atoms with Gasteiger partial charge in [-0.15, -0.1) is 0 Å². The van der Waals surface area contributed by atoms with E-state index in [-0.39, 0.29) is 0 Å². The zero-order chi connectivity index (χ0) is 7.40. The van der Waals surface area contributed by atoms with Crippen LogP contribution in [0.1, 0.15) is 0 Å². The van der Waals surface area contributed by atoms with Crippen LogP contribution in [0.5, 0.6) is 0 Å². The van der Waals surface area contributed by atoms with Gasteiger partial charge in [-0.1, -0.05) is 23.1 Å². The Kier molecular flexibility index (Phi) is 3.75. The Hall–Kier alpha value is 0.480. The summed E-state index contributed by atoms with van der Waals surface area (Å²) in [5, 5.41) is 7.76. The molecule has 0 atom stereocenters. The average molecular weight is 210 g/mol. The van der Waals surface area contributed by atoms with Crippen molar-refractivity contribution in [1.29, 1.82) is 0 Å². The van der Waals surface area contributed by atoms with Crippen molar-refractivity contribution in [2.24, 2.45) is 0 Å². The molecule has 0 fully saturated rings. The van der Waals surface area contributed by atoms with E-state index in [2.05, 4.69) is 16.5 Å². The Balaban J connectivity index is 2.50. The normalized spacial score (nSPS) is 10.1. The van der Waals surface area contributed by atoms with Crippen molar-refractivity contribution < 1.29 is 0 Å². The van der Waals surface area contributed by atoms with Crippen LogP contribution in [0.25, 0.3) is 0 Å². The van der Waals surface area contributed by atoms with Crippen LogP contribution in [-0.2, 0) is 0 Å². The molecule has 1 rings (SSSR count). The van der Waals surface area contributed by atoms with Crippen LogP contribution in [0.2, 0.25) is 0 Å². The fourth-order valence-corrected chi connectivity index (χ4v) is 3.07. The third-order valence-corrected chi connectivity index (χ3v) is 3.96. The highest BCUT2D eigenvalue weighted by atomic mass is 32.2. The predicted molar refractivity (Wildman–Crippen MR) is 51.5 cm³/mol. The molecule has 0 unspecified atom stereocenters. The first kappa shape index (κ1) is 8.58. The first-order valence-electron chi connectivity index (χ1n) is 2.50. The molecule has 2 nitrogen and oxygen atoms in total. The Morgan fingerprint density at radius 2 is 2.60 bits per heavy atom. The number of rotatable bonds is 3. The van der Waals surface area contributed by atoms with Crippen molar-refractivity contribution in [3.63, 3.8) is 0 Å². The van der Waals surface area contributed by atoms with Crippen LogP contribution in [0, 0.1) is 3.95 Å². The van der Waals surface area contributed by atoms with Gasteiger partial charge >= 0.3 is 0 Å². The Morgan fingerprint density at radius 3 is 3.10 bits per heavy atom. The van der Waals surface area contributed by atoms with Gasteiger partial charge < -0.3 is 0 Å². The van der Waals surface area contributed by atoms with Gasteiger partial charge in [0.25, 0.3) is 0 Å². The molecule has 0 bridgehead atoms. The fourth-order valence-electron chi connectivity index (χ4n) is 0.387. The summed E-state index contributed by atoms with van der Waals surface area (Å²) in [7, 11) is 0. The van der Waals surface area contributed by atoms with Crippen LogP contribution < -0.4 is 0 Å². The van der Waals surface area contributed by atoms with Gasteiger partial charge in [0.2, 0.25) is 0 Å². The van der Waals surface area contributed by atoms with Gasteiger partial charge in [0.05, 0.1) is 0 Å². The van der Waals surface area contributed by atoms with Gasteiger partial charge in [0, 0.05) is 5.08 Å². The van der Waals surface area contributed by atoms with E-state index in [9.17, 15) is 0 Å². The van der Waals surface area contributed by atoms with Gasteiger partial charge in [-0.2, -0.15) is 16.9 Å². The van der Waals surface area contributed by atoms with E-state index < -0.39 is 0 Å². The minimum Gasteiger partial charge on any atom is -0.257 e. The van der Waals surface area contributed by atoms with Crippen LogP contribution in [0.15, 0.2) is 4.34 Å². The van der Waals surface area contributed by atoms with E-state index in [1.807, 2.05) is 0 Å². The molecule has 0 amide bonds. The third kappa shape index (κ3) is 2.61. The van der Waals surface area contributed by atoms with Crippen molar-refractivity contribution in [2.45, 2.75) is 4.34 Å². The number of hydrogen-bond acceptors (Lipinski definition) is 5. The van der Waals surface area contributed by atoms with Crippen LogP contribution in [0.3, 0.4) is 0 Å². The topological polar surface area (TPSA) is 28.7 Å². The van der Waals surface area contributed by atoms with Gasteiger partial charge in [0.1, 0.15) is 0 Å². The van der Waals surface area contributed by atoms with Gasteiger partial charge in [-0.3, -0.25) is 5.10 Å². The SMILES string of the molecule is CSCSc1n[nH]c(=S)s1. The molecule has 0 aliphatic carbocycles. The van der Waals surface area contributed by atoms with Gasteiger partial charge in [-0.05, 0) is 18.5 Å². The van der Waals surface area contributed by atoms with Crippen LogP contribution in [-0.4, -0.2) is 21.5 Å². The molecule has 56 valence electrons. The summed E-state index contributed by atoms with van der Waals surface area (Å²) >= 11 is 9.89. The monoisotopic (exact) mass is 210 g/mol. The van der Waals surface area contributed by atoms with Crippen LogP contribution >= 0.6 is 47.1 Å². The zero-order valence-corrected chi connectivity index (χ0v) is 8.55. The summed E-state index contributed by atoms with van der Waals surface area (Å²) in [5.74, 6) is 0. The second kappa shape index (κ2) is 4.38. The second-order valence-electron chi connectivity index (χ2n) is 1.43. The van der Waals surface area contributed by atoms with Crippen molar-refractivity contribution in [1.82, 2.24) is 10.2 Å². The fraction of sp³-hybridized carbons (Fsp3) is 0.500. The zero-order valence-electron chi connectivity index (χ0n) is 5.29. The highest BCUT2D eigenvalue weighted by molar-refractivity contribution is 8.16. The second-order valence-corrected chi connectivity index (χ2v) is 5.55. The van der Waals surface area contributed by atoms with Crippen molar-refractivity contribution in [3.05, 3.63) is 3.95 Å². The molecule has 0 spiro atoms. The summed E-state index contributed by atoms with van der Waals surface area (Å²) in [6.07, 6.45) is 2.07. The molecule has 1 aromatic rings. The maximum Gasteiger partial charge on any atom is 0.177 e. The largest absolute Gasteiger partial charge is 0.257 e. The highest BCUT2D eigenvalue weighted by Crippen LogP contribution is 2.22. The summed E-state index contributed by atoms with van der Waals surface area (Å²) in [4.78, 5) is 0. The molecular formula is C4H6N2S4. The molecule has 1 N–H and O–H groups in total. The van der Waals surface area contributed by atoms with Crippen molar-refractivity contribution >= 4 is 47.1 Å². The smallest absolute Gasteiger partial charge is 0.177 e. The number of aromatic amines is 1. The number of thioether (sulfide) groups is 2. The molecule has 0 aromatic carbocycles. The molecule has 0 radical (unpaired) electrons. The lowest BCUT2D eigenvalue weighted by atomic mass is 11.6. The lowest BCUT2D eigenvalue weighted by Crippen LogP contribution is -1.70. The summed E-state index contributed by atoms with van der Waals surface area (Å²) in [5.41, 5.74) is 0. The maximum atomic E-state index is 4.86. The van der Waals surface area contributed by atoms with Crippen molar-refractivity contribution in [3.8, 4) is 0 Å². The Morgan fingerprint density at radius 1 is 1.80 bits per heavy atom. The molecular weight excluding hydrogens is 204 g/mol. The number of aromatic nitrogens is 2. The Bertz CT molecular complexity index is 239. The number of nitrogens with one attached hydrogen (secondary N) is 1. The van der Waals surface area contributed by atoms with E-state index in [0.29, 0.717) is 0 Å².